The van der Waals surface area contributed by atoms with Gasteiger partial charge in [0.25, 0.3) is 5.56 Å². The summed E-state index contributed by atoms with van der Waals surface area (Å²) in [7, 11) is 1.52. The van der Waals surface area contributed by atoms with Crippen LogP contribution in [0.3, 0.4) is 0 Å². The van der Waals surface area contributed by atoms with Gasteiger partial charge in [0, 0.05) is 23.8 Å². The molecule has 0 aliphatic heterocycles. The van der Waals surface area contributed by atoms with Crippen molar-refractivity contribution in [3.63, 3.8) is 0 Å². The topological polar surface area (TPSA) is 44.0 Å². The fourth-order valence-corrected chi connectivity index (χ4v) is 3.22. The van der Waals surface area contributed by atoms with Crippen molar-refractivity contribution in [3.8, 4) is 0 Å². The molecule has 6 heteroatoms. The van der Waals surface area contributed by atoms with Crippen LogP contribution in [0.2, 0.25) is 0 Å². The highest BCUT2D eigenvalue weighted by atomic mass is 79.9. The lowest BCUT2D eigenvalue weighted by molar-refractivity contribution is 0.661. The molecule has 0 unspecified atom stereocenters. The third-order valence-electron chi connectivity index (χ3n) is 2.51. The van der Waals surface area contributed by atoms with Crippen LogP contribution in [0.15, 0.2) is 15.7 Å². The number of hydrogen-bond acceptors (Lipinski definition) is 3. The van der Waals surface area contributed by atoms with Crippen LogP contribution in [0, 0.1) is 0 Å². The zero-order chi connectivity index (χ0) is 11.9. The van der Waals surface area contributed by atoms with Crippen molar-refractivity contribution in [2.24, 2.45) is 7.05 Å². The smallest absolute Gasteiger partial charge is 0.285 e. The van der Waals surface area contributed by atoms with Gasteiger partial charge in [0.05, 0.1) is 5.39 Å². The van der Waals surface area contributed by atoms with Gasteiger partial charge in [-0.25, -0.2) is 4.79 Å². The molecule has 86 valence electrons. The molecule has 2 aromatic heterocycles. The maximum Gasteiger partial charge on any atom is 0.331 e. The molecule has 2 heterocycles. The second kappa shape index (κ2) is 4.18. The third-order valence-corrected chi connectivity index (χ3v) is 4.64. The predicted molar refractivity (Wildman–Crippen MR) is 69.6 cm³/mol. The molecule has 0 saturated carbocycles. The Morgan fingerprint density at radius 3 is 2.69 bits per heavy atom. The van der Waals surface area contributed by atoms with Crippen LogP contribution >= 0.6 is 27.3 Å². The normalized spacial score (nSPS) is 11.2. The zero-order valence-electron chi connectivity index (χ0n) is 8.99. The van der Waals surface area contributed by atoms with Crippen molar-refractivity contribution in [3.05, 3.63) is 31.8 Å². The molecule has 16 heavy (non-hydrogen) atoms. The minimum Gasteiger partial charge on any atom is -0.285 e. The van der Waals surface area contributed by atoms with Gasteiger partial charge in [-0.15, -0.1) is 11.3 Å². The van der Waals surface area contributed by atoms with E-state index in [4.69, 9.17) is 0 Å². The molecular weight excluding hydrogens is 292 g/mol. The first-order chi connectivity index (χ1) is 7.60. The summed E-state index contributed by atoms with van der Waals surface area (Å²) in [6, 6.07) is 1.85. The van der Waals surface area contributed by atoms with Crippen molar-refractivity contribution in [2.75, 3.05) is 0 Å². The Morgan fingerprint density at radius 2 is 2.12 bits per heavy atom. The van der Waals surface area contributed by atoms with Gasteiger partial charge in [0.2, 0.25) is 0 Å². The number of fused-ring (bicyclic) bond motifs is 1. The van der Waals surface area contributed by atoms with Gasteiger partial charge < -0.3 is 0 Å². The summed E-state index contributed by atoms with van der Waals surface area (Å²) in [6.45, 7) is 2.48. The van der Waals surface area contributed by atoms with Gasteiger partial charge in [-0.1, -0.05) is 15.9 Å². The molecule has 2 rings (SSSR count). The number of hydrogen-bond donors (Lipinski definition) is 0. The number of rotatable bonds is 2. The molecule has 0 aliphatic carbocycles. The summed E-state index contributed by atoms with van der Waals surface area (Å²) in [6.07, 6.45) is 0. The SMILES string of the molecule is CCn1c(=O)n(C)c(=O)c2cc(CBr)sc21. The van der Waals surface area contributed by atoms with Crippen LogP contribution < -0.4 is 11.2 Å². The number of thiophene rings is 1. The van der Waals surface area contributed by atoms with Crippen LogP contribution in [0.4, 0.5) is 0 Å². The van der Waals surface area contributed by atoms with Crippen molar-refractivity contribution >= 4 is 37.5 Å². The lowest BCUT2D eigenvalue weighted by Gasteiger charge is -2.05. The molecule has 2 aromatic rings. The molecular formula is C10H11BrN2O2S. The molecule has 0 aromatic carbocycles. The number of aryl methyl sites for hydroxylation is 1. The van der Waals surface area contributed by atoms with Crippen LogP contribution in [0.1, 0.15) is 11.8 Å². The van der Waals surface area contributed by atoms with Gasteiger partial charge in [-0.3, -0.25) is 13.9 Å². The maximum absolute atomic E-state index is 11.9. The van der Waals surface area contributed by atoms with Gasteiger partial charge >= 0.3 is 5.69 Å². The molecule has 0 amide bonds. The Labute approximate surface area is 104 Å². The second-order valence-corrected chi connectivity index (χ2v) is 5.13. The molecule has 0 saturated heterocycles. The quantitative estimate of drug-likeness (QED) is 0.792. The molecule has 0 spiro atoms. The Morgan fingerprint density at radius 1 is 1.44 bits per heavy atom. The van der Waals surface area contributed by atoms with Crippen LogP contribution in [0.5, 0.6) is 0 Å². The number of alkyl halides is 1. The fourth-order valence-electron chi connectivity index (χ4n) is 1.67. The largest absolute Gasteiger partial charge is 0.331 e. The molecule has 0 fully saturated rings. The van der Waals surface area contributed by atoms with E-state index in [0.717, 1.165) is 14.3 Å². The van der Waals surface area contributed by atoms with Crippen LogP contribution in [-0.4, -0.2) is 9.13 Å². The average molecular weight is 303 g/mol. The lowest BCUT2D eigenvalue weighted by atomic mass is 10.3. The van der Waals surface area contributed by atoms with Crippen molar-refractivity contribution in [1.82, 2.24) is 9.13 Å². The van der Waals surface area contributed by atoms with Crippen LogP contribution in [-0.2, 0) is 18.9 Å². The highest BCUT2D eigenvalue weighted by Gasteiger charge is 2.12. The van der Waals surface area contributed by atoms with Crippen LogP contribution in [0.25, 0.3) is 10.2 Å². The Hall–Kier alpha value is -0.880. The van der Waals surface area contributed by atoms with E-state index >= 15 is 0 Å². The summed E-state index contributed by atoms with van der Waals surface area (Å²) in [5.74, 6) is 0. The summed E-state index contributed by atoms with van der Waals surface area (Å²) in [5.41, 5.74) is -0.462. The zero-order valence-corrected chi connectivity index (χ0v) is 11.4. The van der Waals surface area contributed by atoms with E-state index in [0.29, 0.717) is 17.3 Å². The van der Waals surface area contributed by atoms with Gasteiger partial charge in [-0.05, 0) is 13.0 Å². The number of halogens is 1. The fraction of sp³-hybridized carbons (Fsp3) is 0.400. The Balaban J connectivity index is 3.01. The van der Waals surface area contributed by atoms with E-state index in [2.05, 4.69) is 15.9 Å². The van der Waals surface area contributed by atoms with Gasteiger partial charge in [0.15, 0.2) is 0 Å². The first-order valence-corrected chi connectivity index (χ1v) is 6.82. The summed E-state index contributed by atoms with van der Waals surface area (Å²) < 4.78 is 2.80. The van der Waals surface area contributed by atoms with Crippen molar-refractivity contribution in [1.29, 1.82) is 0 Å². The molecule has 0 N–H and O–H groups in total. The standard InChI is InChI=1S/C10H11BrN2O2S/c1-3-13-9-7(4-6(5-11)16-9)8(14)12(2)10(13)15/h4H,3,5H2,1-2H3. The molecule has 0 bridgehead atoms. The number of aromatic nitrogens is 2. The lowest BCUT2D eigenvalue weighted by Crippen LogP contribution is -2.37. The van der Waals surface area contributed by atoms with Crippen molar-refractivity contribution in [2.45, 2.75) is 18.8 Å². The minimum absolute atomic E-state index is 0.215. The Kier molecular flexibility index (Phi) is 3.03. The van der Waals surface area contributed by atoms with Crippen molar-refractivity contribution < 1.29 is 0 Å². The third kappa shape index (κ3) is 1.56. The summed E-state index contributed by atoms with van der Waals surface area (Å²) >= 11 is 4.85. The highest BCUT2D eigenvalue weighted by molar-refractivity contribution is 9.08. The summed E-state index contributed by atoms with van der Waals surface area (Å²) in [4.78, 5) is 25.6. The predicted octanol–water partition coefficient (Wildman–Crippen LogP) is 1.68. The van der Waals surface area contributed by atoms with E-state index in [1.54, 1.807) is 4.57 Å². The molecule has 4 nitrogen and oxygen atoms in total. The van der Waals surface area contributed by atoms with Gasteiger partial charge in [-0.2, -0.15) is 0 Å². The minimum atomic E-state index is -0.247. The first kappa shape index (κ1) is 11.6. The monoisotopic (exact) mass is 302 g/mol. The average Bonchev–Trinajstić information content (AvgIpc) is 2.71. The second-order valence-electron chi connectivity index (χ2n) is 3.46. The number of nitrogens with zero attached hydrogens (tertiary/aromatic N) is 2. The highest BCUT2D eigenvalue weighted by Crippen LogP contribution is 2.23. The molecule has 0 aliphatic rings. The van der Waals surface area contributed by atoms with E-state index in [9.17, 15) is 9.59 Å². The Bertz CT molecular complexity index is 653. The van der Waals surface area contributed by atoms with E-state index < -0.39 is 0 Å². The maximum atomic E-state index is 11.9. The summed E-state index contributed by atoms with van der Waals surface area (Å²) in [5, 5.41) is 1.33. The van der Waals surface area contributed by atoms with E-state index in [-0.39, 0.29) is 11.2 Å². The van der Waals surface area contributed by atoms with E-state index in [1.165, 1.54) is 18.4 Å². The van der Waals surface area contributed by atoms with E-state index in [1.807, 2.05) is 13.0 Å². The van der Waals surface area contributed by atoms with Gasteiger partial charge in [0.1, 0.15) is 4.83 Å². The molecule has 0 atom stereocenters. The molecule has 0 radical (unpaired) electrons. The first-order valence-electron chi connectivity index (χ1n) is 4.88.